The van der Waals surface area contributed by atoms with E-state index in [-0.39, 0.29) is 11.9 Å². The third kappa shape index (κ3) is 2.83. The first-order valence-electron chi connectivity index (χ1n) is 6.95. The lowest BCUT2D eigenvalue weighted by atomic mass is 10.0. The Morgan fingerprint density at radius 2 is 2.17 bits per heavy atom. The topological polar surface area (TPSA) is 29.3 Å². The smallest absolute Gasteiger partial charge is 0.130 e. The summed E-state index contributed by atoms with van der Waals surface area (Å²) in [6.45, 7) is 5.04. The summed E-state index contributed by atoms with van der Waals surface area (Å²) in [7, 11) is 0. The molecule has 1 aliphatic rings. The molecule has 0 saturated heterocycles. The lowest BCUT2D eigenvalue weighted by Gasteiger charge is -2.28. The second-order valence-corrected chi connectivity index (χ2v) is 5.24. The zero-order valence-electron chi connectivity index (χ0n) is 11.3. The predicted octanol–water partition coefficient (Wildman–Crippen LogP) is 3.61. The summed E-state index contributed by atoms with van der Waals surface area (Å²) in [5.74, 6) is -0.176. The molecule has 0 unspecified atom stereocenters. The predicted molar refractivity (Wildman–Crippen MR) is 74.3 cm³/mol. The zero-order valence-corrected chi connectivity index (χ0v) is 11.3. The molecule has 18 heavy (non-hydrogen) atoms. The molecule has 1 aromatic carbocycles. The molecule has 2 N–H and O–H groups in total. The van der Waals surface area contributed by atoms with Crippen molar-refractivity contribution in [1.82, 2.24) is 0 Å². The fraction of sp³-hybridized carbons (Fsp3) is 0.600. The first kappa shape index (κ1) is 13.3. The highest BCUT2D eigenvalue weighted by molar-refractivity contribution is 5.57. The zero-order chi connectivity index (χ0) is 13.1. The molecule has 1 atom stereocenters. The summed E-state index contributed by atoms with van der Waals surface area (Å²) in [5, 5.41) is 0. The van der Waals surface area contributed by atoms with E-state index in [2.05, 4.69) is 11.8 Å². The molecule has 1 fully saturated rings. The molecule has 1 aromatic rings. The third-order valence-corrected chi connectivity index (χ3v) is 3.53. The number of rotatable bonds is 6. The maximum absolute atomic E-state index is 14.0. The molecular weight excluding hydrogens is 227 g/mol. The number of anilines is 1. The third-order valence-electron chi connectivity index (χ3n) is 3.53. The van der Waals surface area contributed by atoms with Crippen LogP contribution in [0.5, 0.6) is 0 Å². The van der Waals surface area contributed by atoms with Crippen LogP contribution in [-0.4, -0.2) is 12.6 Å². The molecule has 0 aliphatic heterocycles. The van der Waals surface area contributed by atoms with Crippen molar-refractivity contribution in [3.63, 3.8) is 0 Å². The fourth-order valence-corrected chi connectivity index (χ4v) is 2.44. The van der Waals surface area contributed by atoms with Crippen LogP contribution in [0.3, 0.4) is 0 Å². The number of benzene rings is 1. The number of unbranched alkanes of at least 4 members (excludes halogenated alkanes) is 1. The lowest BCUT2D eigenvalue weighted by molar-refractivity contribution is 0.589. The quantitative estimate of drug-likeness (QED) is 0.835. The van der Waals surface area contributed by atoms with E-state index in [0.29, 0.717) is 11.6 Å². The molecular formula is C15H23FN2. The van der Waals surface area contributed by atoms with Crippen molar-refractivity contribution in [2.24, 2.45) is 5.73 Å². The summed E-state index contributed by atoms with van der Waals surface area (Å²) in [6, 6.07) is 5.64. The van der Waals surface area contributed by atoms with Crippen molar-refractivity contribution < 1.29 is 4.39 Å². The molecule has 0 radical (unpaired) electrons. The van der Waals surface area contributed by atoms with Gasteiger partial charge in [-0.25, -0.2) is 4.39 Å². The van der Waals surface area contributed by atoms with E-state index in [1.165, 1.54) is 18.9 Å². The largest absolute Gasteiger partial charge is 0.368 e. The van der Waals surface area contributed by atoms with Gasteiger partial charge in [-0.1, -0.05) is 19.4 Å². The molecule has 0 amide bonds. The fourth-order valence-electron chi connectivity index (χ4n) is 2.44. The van der Waals surface area contributed by atoms with Crippen LogP contribution in [0.1, 0.15) is 51.1 Å². The van der Waals surface area contributed by atoms with Crippen LogP contribution in [0.25, 0.3) is 0 Å². The van der Waals surface area contributed by atoms with Gasteiger partial charge in [0.15, 0.2) is 0 Å². The maximum Gasteiger partial charge on any atom is 0.130 e. The first-order valence-corrected chi connectivity index (χ1v) is 6.95. The van der Waals surface area contributed by atoms with Gasteiger partial charge in [0.25, 0.3) is 0 Å². The van der Waals surface area contributed by atoms with Crippen LogP contribution >= 0.6 is 0 Å². The average molecular weight is 250 g/mol. The molecule has 0 bridgehead atoms. The molecule has 0 spiro atoms. The molecule has 1 saturated carbocycles. The Morgan fingerprint density at radius 3 is 2.72 bits per heavy atom. The highest BCUT2D eigenvalue weighted by Crippen LogP contribution is 2.36. The average Bonchev–Trinajstić information content (AvgIpc) is 3.13. The van der Waals surface area contributed by atoms with Crippen molar-refractivity contribution >= 4 is 5.69 Å². The minimum Gasteiger partial charge on any atom is -0.368 e. The van der Waals surface area contributed by atoms with E-state index in [9.17, 15) is 4.39 Å². The Balaban J connectivity index is 2.31. The van der Waals surface area contributed by atoms with Crippen molar-refractivity contribution in [2.75, 3.05) is 11.4 Å². The number of nitrogens with zero attached hydrogens (tertiary/aromatic N) is 1. The minimum atomic E-state index is -0.260. The van der Waals surface area contributed by atoms with Crippen molar-refractivity contribution in [1.29, 1.82) is 0 Å². The van der Waals surface area contributed by atoms with Gasteiger partial charge in [0.2, 0.25) is 0 Å². The van der Waals surface area contributed by atoms with Crippen molar-refractivity contribution in [3.05, 3.63) is 29.6 Å². The minimum absolute atomic E-state index is 0.176. The van der Waals surface area contributed by atoms with Gasteiger partial charge in [0.1, 0.15) is 5.82 Å². The maximum atomic E-state index is 14.0. The normalized spacial score (nSPS) is 16.7. The van der Waals surface area contributed by atoms with E-state index in [1.54, 1.807) is 6.07 Å². The number of nitrogens with two attached hydrogens (primary N) is 1. The standard InChI is InChI=1S/C15H23FN2/c1-3-4-10-18(12-8-9-12)14-7-5-6-13(16)15(14)11(2)17/h5-7,11-12H,3-4,8-10,17H2,1-2H3/t11-/m0/s1. The summed E-state index contributed by atoms with van der Waals surface area (Å²) < 4.78 is 14.0. The SMILES string of the molecule is CCCCN(c1cccc(F)c1[C@H](C)N)C1CC1. The van der Waals surface area contributed by atoms with E-state index in [1.807, 2.05) is 13.0 Å². The van der Waals surface area contributed by atoms with Gasteiger partial charge in [0, 0.05) is 29.9 Å². The van der Waals surface area contributed by atoms with E-state index < -0.39 is 0 Å². The summed E-state index contributed by atoms with van der Waals surface area (Å²) >= 11 is 0. The lowest BCUT2D eigenvalue weighted by Crippen LogP contribution is -2.29. The highest BCUT2D eigenvalue weighted by Gasteiger charge is 2.31. The number of hydrogen-bond acceptors (Lipinski definition) is 2. The van der Waals surface area contributed by atoms with Gasteiger partial charge in [-0.3, -0.25) is 0 Å². The molecule has 0 aromatic heterocycles. The van der Waals surface area contributed by atoms with Crippen LogP contribution in [0.2, 0.25) is 0 Å². The van der Waals surface area contributed by atoms with Gasteiger partial charge < -0.3 is 10.6 Å². The van der Waals surface area contributed by atoms with Crippen LogP contribution in [0.15, 0.2) is 18.2 Å². The van der Waals surface area contributed by atoms with Crippen LogP contribution in [-0.2, 0) is 0 Å². The second-order valence-electron chi connectivity index (χ2n) is 5.24. The number of halogens is 1. The van der Waals surface area contributed by atoms with Crippen molar-refractivity contribution in [2.45, 2.75) is 51.6 Å². The summed E-state index contributed by atoms with van der Waals surface area (Å²) in [6.07, 6.45) is 4.74. The molecule has 0 heterocycles. The van der Waals surface area contributed by atoms with Gasteiger partial charge in [-0.2, -0.15) is 0 Å². The Hall–Kier alpha value is -1.09. The van der Waals surface area contributed by atoms with Crippen molar-refractivity contribution in [3.8, 4) is 0 Å². The monoisotopic (exact) mass is 250 g/mol. The van der Waals surface area contributed by atoms with Crippen LogP contribution in [0.4, 0.5) is 10.1 Å². The first-order chi connectivity index (χ1) is 8.65. The van der Waals surface area contributed by atoms with Gasteiger partial charge in [-0.15, -0.1) is 0 Å². The van der Waals surface area contributed by atoms with Gasteiger partial charge >= 0.3 is 0 Å². The Kier molecular flexibility index (Phi) is 4.23. The van der Waals surface area contributed by atoms with E-state index in [0.717, 1.165) is 25.1 Å². The number of hydrogen-bond donors (Lipinski definition) is 1. The summed E-state index contributed by atoms with van der Waals surface area (Å²) in [5.41, 5.74) is 7.60. The molecule has 100 valence electrons. The van der Waals surface area contributed by atoms with Gasteiger partial charge in [0.05, 0.1) is 0 Å². The Morgan fingerprint density at radius 1 is 1.44 bits per heavy atom. The second kappa shape index (κ2) is 5.70. The molecule has 2 rings (SSSR count). The molecule has 2 nitrogen and oxygen atoms in total. The highest BCUT2D eigenvalue weighted by atomic mass is 19.1. The van der Waals surface area contributed by atoms with Crippen LogP contribution in [0, 0.1) is 5.82 Å². The Labute approximate surface area is 109 Å². The van der Waals surface area contributed by atoms with Gasteiger partial charge in [-0.05, 0) is 38.3 Å². The van der Waals surface area contributed by atoms with E-state index >= 15 is 0 Å². The Bertz CT molecular complexity index is 399. The van der Waals surface area contributed by atoms with E-state index in [4.69, 9.17) is 5.73 Å². The molecule has 3 heteroatoms. The summed E-state index contributed by atoms with van der Waals surface area (Å²) in [4.78, 5) is 2.35. The molecule has 1 aliphatic carbocycles. The van der Waals surface area contributed by atoms with Crippen LogP contribution < -0.4 is 10.6 Å².